The number of nitrogens with zero attached hydrogens (tertiary/aromatic N) is 2. The summed E-state index contributed by atoms with van der Waals surface area (Å²) < 4.78 is 1.97. The molecule has 0 atom stereocenters. The second-order valence-corrected chi connectivity index (χ2v) is 7.50. The summed E-state index contributed by atoms with van der Waals surface area (Å²) in [7, 11) is 1.92. The molecule has 30 heavy (non-hydrogen) atoms. The smallest absolute Gasteiger partial charge is 0.295 e. The fourth-order valence-corrected chi connectivity index (χ4v) is 3.87. The number of aryl methyl sites for hydroxylation is 1. The minimum absolute atomic E-state index is 0.379. The number of para-hydroxylation sites is 1. The zero-order valence-electron chi connectivity index (χ0n) is 17.2. The lowest BCUT2D eigenvalue weighted by atomic mass is 10.0. The topological polar surface area (TPSA) is 42.3 Å². The number of fused-ring (bicyclic) bond motifs is 1. The van der Waals surface area contributed by atoms with Crippen LogP contribution >= 0.6 is 0 Å². The average molecular weight is 396 g/mol. The number of Topliss-reactive ketones (excluding diaryl/α,β-unsaturated/α-hetero) is 1. The molecule has 0 aliphatic heterocycles. The molecule has 1 aromatic heterocycles. The summed E-state index contributed by atoms with van der Waals surface area (Å²) in [5, 5.41) is 0.815. The van der Waals surface area contributed by atoms with Gasteiger partial charge in [0.1, 0.15) is 0 Å². The quantitative estimate of drug-likeness (QED) is 0.344. The third-order valence-electron chi connectivity index (χ3n) is 5.54. The molecule has 0 aliphatic rings. The van der Waals surface area contributed by atoms with E-state index < -0.39 is 11.7 Å². The highest BCUT2D eigenvalue weighted by molar-refractivity contribution is 6.45. The van der Waals surface area contributed by atoms with Gasteiger partial charge < -0.3 is 9.47 Å². The highest BCUT2D eigenvalue weighted by Crippen LogP contribution is 2.26. The van der Waals surface area contributed by atoms with Gasteiger partial charge in [-0.05, 0) is 24.1 Å². The Balaban J connectivity index is 1.71. The third-order valence-corrected chi connectivity index (χ3v) is 5.54. The van der Waals surface area contributed by atoms with E-state index in [0.29, 0.717) is 18.7 Å². The summed E-state index contributed by atoms with van der Waals surface area (Å²) in [5.41, 5.74) is 4.22. The maximum atomic E-state index is 13.4. The lowest BCUT2D eigenvalue weighted by Gasteiger charge is -2.22. The van der Waals surface area contributed by atoms with E-state index in [1.807, 2.05) is 103 Å². The second-order valence-electron chi connectivity index (χ2n) is 7.50. The molecule has 0 aliphatic carbocycles. The minimum atomic E-state index is -0.484. The molecule has 0 N–H and O–H groups in total. The van der Waals surface area contributed by atoms with Gasteiger partial charge in [0.15, 0.2) is 0 Å². The van der Waals surface area contributed by atoms with Crippen molar-refractivity contribution < 1.29 is 9.59 Å². The van der Waals surface area contributed by atoms with Crippen molar-refractivity contribution in [3.8, 4) is 0 Å². The Morgan fingerprint density at radius 3 is 1.83 bits per heavy atom. The largest absolute Gasteiger partial charge is 0.347 e. The number of benzene rings is 3. The zero-order chi connectivity index (χ0) is 21.1. The molecular weight excluding hydrogens is 372 g/mol. The highest BCUT2D eigenvalue weighted by atomic mass is 16.2. The van der Waals surface area contributed by atoms with Gasteiger partial charge in [0.25, 0.3) is 11.7 Å². The van der Waals surface area contributed by atoms with Gasteiger partial charge in [0, 0.05) is 36.7 Å². The Morgan fingerprint density at radius 2 is 1.27 bits per heavy atom. The zero-order valence-corrected chi connectivity index (χ0v) is 17.2. The van der Waals surface area contributed by atoms with Crippen molar-refractivity contribution in [3.05, 3.63) is 107 Å². The molecule has 1 heterocycles. The number of hydrogen-bond donors (Lipinski definition) is 0. The Kier molecular flexibility index (Phi) is 5.48. The van der Waals surface area contributed by atoms with Gasteiger partial charge in [-0.3, -0.25) is 9.59 Å². The van der Waals surface area contributed by atoms with Crippen LogP contribution in [0.5, 0.6) is 0 Å². The van der Waals surface area contributed by atoms with Crippen molar-refractivity contribution >= 4 is 22.6 Å². The van der Waals surface area contributed by atoms with E-state index in [1.54, 1.807) is 4.90 Å². The van der Waals surface area contributed by atoms with Crippen molar-refractivity contribution in [1.82, 2.24) is 9.47 Å². The normalized spacial score (nSPS) is 10.9. The molecule has 0 radical (unpaired) electrons. The van der Waals surface area contributed by atoms with E-state index in [4.69, 9.17) is 0 Å². The summed E-state index contributed by atoms with van der Waals surface area (Å²) >= 11 is 0. The number of rotatable bonds is 6. The lowest BCUT2D eigenvalue weighted by Crippen LogP contribution is -2.36. The maximum absolute atomic E-state index is 13.4. The summed E-state index contributed by atoms with van der Waals surface area (Å²) in [6.07, 6.45) is 0. The Morgan fingerprint density at radius 1 is 0.767 bits per heavy atom. The van der Waals surface area contributed by atoms with E-state index in [2.05, 4.69) is 0 Å². The molecule has 4 heteroatoms. The molecule has 4 rings (SSSR count). The third kappa shape index (κ3) is 3.77. The van der Waals surface area contributed by atoms with Crippen molar-refractivity contribution in [1.29, 1.82) is 0 Å². The summed E-state index contributed by atoms with van der Waals surface area (Å²) in [4.78, 5) is 28.5. The number of amides is 1. The van der Waals surface area contributed by atoms with Crippen molar-refractivity contribution in [2.45, 2.75) is 20.0 Å². The van der Waals surface area contributed by atoms with Crippen LogP contribution in [0.4, 0.5) is 0 Å². The molecule has 150 valence electrons. The molecular formula is C26H24N2O2. The van der Waals surface area contributed by atoms with Gasteiger partial charge in [-0.2, -0.15) is 0 Å². The van der Waals surface area contributed by atoms with Crippen LogP contribution in [-0.2, 0) is 24.9 Å². The minimum Gasteiger partial charge on any atom is -0.347 e. The predicted molar refractivity (Wildman–Crippen MR) is 119 cm³/mol. The van der Waals surface area contributed by atoms with Crippen LogP contribution in [0.1, 0.15) is 27.2 Å². The molecule has 4 nitrogen and oxygen atoms in total. The molecule has 1 amide bonds. The Labute approximate surface area is 176 Å². The fraction of sp³-hybridized carbons (Fsp3) is 0.154. The second kappa shape index (κ2) is 8.37. The van der Waals surface area contributed by atoms with Gasteiger partial charge in [-0.25, -0.2) is 0 Å². The van der Waals surface area contributed by atoms with E-state index in [-0.39, 0.29) is 0 Å². The monoisotopic (exact) mass is 396 g/mol. The number of carbonyl (C=O) groups is 2. The summed E-state index contributed by atoms with van der Waals surface area (Å²) in [6.45, 7) is 2.65. The van der Waals surface area contributed by atoms with Crippen LogP contribution in [0.2, 0.25) is 0 Å². The standard InChI is InChI=1S/C26H24N2O2/c1-19-24(22-15-9-10-16-23(22)27(19)2)25(29)26(30)28(17-20-11-5-3-6-12-20)18-21-13-7-4-8-14-21/h3-16H,17-18H2,1-2H3. The van der Waals surface area contributed by atoms with Gasteiger partial charge in [0.2, 0.25) is 0 Å². The number of carbonyl (C=O) groups excluding carboxylic acids is 2. The Bertz CT molecular complexity index is 1150. The average Bonchev–Trinajstić information content (AvgIpc) is 3.04. The van der Waals surface area contributed by atoms with E-state index >= 15 is 0 Å². The van der Waals surface area contributed by atoms with E-state index in [9.17, 15) is 9.59 Å². The van der Waals surface area contributed by atoms with Gasteiger partial charge in [-0.15, -0.1) is 0 Å². The molecule has 0 saturated heterocycles. The van der Waals surface area contributed by atoms with E-state index in [1.165, 1.54) is 0 Å². The first-order chi connectivity index (χ1) is 14.6. The number of aromatic nitrogens is 1. The molecule has 0 saturated carbocycles. The molecule has 0 bridgehead atoms. The molecule has 3 aromatic carbocycles. The van der Waals surface area contributed by atoms with Crippen molar-refractivity contribution in [2.24, 2.45) is 7.05 Å². The van der Waals surface area contributed by atoms with Crippen LogP contribution in [0.15, 0.2) is 84.9 Å². The van der Waals surface area contributed by atoms with Crippen LogP contribution in [-0.4, -0.2) is 21.2 Å². The fourth-order valence-electron chi connectivity index (χ4n) is 3.87. The SMILES string of the molecule is Cc1c(C(=O)C(=O)N(Cc2ccccc2)Cc2ccccc2)c2ccccc2n1C. The predicted octanol–water partition coefficient (Wildman–Crippen LogP) is 4.90. The Hall–Kier alpha value is -3.66. The number of ketones is 1. The molecule has 0 unspecified atom stereocenters. The van der Waals surface area contributed by atoms with Crippen LogP contribution in [0.3, 0.4) is 0 Å². The first kappa shape index (κ1) is 19.6. The van der Waals surface area contributed by atoms with Crippen LogP contribution in [0, 0.1) is 6.92 Å². The van der Waals surface area contributed by atoms with E-state index in [0.717, 1.165) is 27.7 Å². The van der Waals surface area contributed by atoms with Crippen LogP contribution < -0.4 is 0 Å². The van der Waals surface area contributed by atoms with Gasteiger partial charge >= 0.3 is 0 Å². The number of hydrogen-bond acceptors (Lipinski definition) is 2. The molecule has 0 fully saturated rings. The van der Waals surface area contributed by atoms with Gasteiger partial charge in [-0.1, -0.05) is 78.9 Å². The van der Waals surface area contributed by atoms with Crippen molar-refractivity contribution in [2.75, 3.05) is 0 Å². The lowest BCUT2D eigenvalue weighted by molar-refractivity contribution is -0.127. The van der Waals surface area contributed by atoms with Crippen molar-refractivity contribution in [3.63, 3.8) is 0 Å². The molecule has 4 aromatic rings. The first-order valence-corrected chi connectivity index (χ1v) is 10.0. The summed E-state index contributed by atoms with van der Waals surface area (Å²) in [5.74, 6) is -0.946. The van der Waals surface area contributed by atoms with Gasteiger partial charge in [0.05, 0.1) is 5.56 Å². The maximum Gasteiger partial charge on any atom is 0.295 e. The summed E-state index contributed by atoms with van der Waals surface area (Å²) in [6, 6.07) is 27.2. The highest BCUT2D eigenvalue weighted by Gasteiger charge is 2.28. The van der Waals surface area contributed by atoms with Crippen LogP contribution in [0.25, 0.3) is 10.9 Å². The molecule has 0 spiro atoms. The first-order valence-electron chi connectivity index (χ1n) is 10.0.